The lowest BCUT2D eigenvalue weighted by Gasteiger charge is -1.99. The second kappa shape index (κ2) is 5.51. The van der Waals surface area contributed by atoms with Crippen molar-refractivity contribution >= 4 is 17.3 Å². The Labute approximate surface area is 100 Å². The highest BCUT2D eigenvalue weighted by molar-refractivity contribution is 7.11. The molecule has 0 fully saturated rings. The van der Waals surface area contributed by atoms with Crippen LogP contribution in [0, 0.1) is 0 Å². The van der Waals surface area contributed by atoms with Gasteiger partial charge in [0.2, 0.25) is 11.4 Å². The third-order valence-electron chi connectivity index (χ3n) is 1.97. The number of carboxylic acid groups (broad SMARTS) is 1. The normalized spacial score (nSPS) is 10.6. The molecule has 2 N–H and O–H groups in total. The Morgan fingerprint density at radius 2 is 2.47 bits per heavy atom. The monoisotopic (exact) mass is 254 g/mol. The molecule has 2 aromatic heterocycles. The second-order valence-electron chi connectivity index (χ2n) is 3.22. The molecule has 0 aliphatic heterocycles. The molecule has 2 rings (SSSR count). The fourth-order valence-corrected chi connectivity index (χ4v) is 1.86. The van der Waals surface area contributed by atoms with Crippen molar-refractivity contribution in [3.63, 3.8) is 0 Å². The van der Waals surface area contributed by atoms with Crippen molar-refractivity contribution in [3.8, 4) is 0 Å². The van der Waals surface area contributed by atoms with Crippen molar-refractivity contribution in [1.82, 2.24) is 20.4 Å². The molecule has 0 saturated carbocycles. The van der Waals surface area contributed by atoms with Crippen molar-refractivity contribution in [1.29, 1.82) is 0 Å². The topological polar surface area (TPSA) is 101 Å². The maximum atomic E-state index is 10.6. The Balaban J connectivity index is 1.72. The summed E-state index contributed by atoms with van der Waals surface area (Å²) in [4.78, 5) is 18.4. The summed E-state index contributed by atoms with van der Waals surface area (Å²) in [7, 11) is 0. The highest BCUT2D eigenvalue weighted by Gasteiger charge is 2.08. The van der Waals surface area contributed by atoms with E-state index in [1.807, 2.05) is 0 Å². The molecule has 2 aromatic rings. The molecule has 90 valence electrons. The van der Waals surface area contributed by atoms with Gasteiger partial charge in [-0.2, -0.15) is 4.98 Å². The first-order valence-electron chi connectivity index (χ1n) is 4.89. The van der Waals surface area contributed by atoms with Crippen LogP contribution >= 0.6 is 11.3 Å². The van der Waals surface area contributed by atoms with Gasteiger partial charge in [0.05, 0.1) is 5.69 Å². The van der Waals surface area contributed by atoms with Gasteiger partial charge in [0, 0.05) is 24.9 Å². The van der Waals surface area contributed by atoms with Crippen LogP contribution in [0.25, 0.3) is 0 Å². The van der Waals surface area contributed by atoms with Gasteiger partial charge in [-0.3, -0.25) is 0 Å². The number of aromatic nitrogens is 3. The van der Waals surface area contributed by atoms with Crippen molar-refractivity contribution < 1.29 is 14.4 Å². The third kappa shape index (κ3) is 3.33. The summed E-state index contributed by atoms with van der Waals surface area (Å²) in [6.07, 6.45) is 1.95. The minimum atomic E-state index is -0.993. The number of nitrogens with one attached hydrogen (secondary N) is 1. The molecule has 0 aliphatic carbocycles. The maximum absolute atomic E-state index is 10.6. The molecule has 0 spiro atoms. The van der Waals surface area contributed by atoms with Crippen LogP contribution in [-0.4, -0.2) is 32.7 Å². The predicted molar refractivity (Wildman–Crippen MR) is 58.8 cm³/mol. The molecule has 0 amide bonds. The van der Waals surface area contributed by atoms with E-state index < -0.39 is 5.97 Å². The number of nitrogens with zero attached hydrogens (tertiary/aromatic N) is 3. The van der Waals surface area contributed by atoms with Crippen LogP contribution < -0.4 is 5.32 Å². The average molecular weight is 254 g/mol. The zero-order valence-electron chi connectivity index (χ0n) is 8.79. The van der Waals surface area contributed by atoms with Crippen LogP contribution in [0.4, 0.5) is 0 Å². The Hall–Kier alpha value is -1.80. The standard InChI is InChI=1S/C9H10N4O3S/c14-9(15)8-12-6(4-17-8)3-10-2-1-7-11-5-16-13-7/h4-5,10H,1-3H2,(H,14,15). The molecule has 0 aromatic carbocycles. The highest BCUT2D eigenvalue weighted by atomic mass is 32.1. The molecule has 2 heterocycles. The van der Waals surface area contributed by atoms with Crippen LogP contribution in [0.2, 0.25) is 0 Å². The summed E-state index contributed by atoms with van der Waals surface area (Å²) in [6, 6.07) is 0. The van der Waals surface area contributed by atoms with Crippen LogP contribution in [0.5, 0.6) is 0 Å². The summed E-state index contributed by atoms with van der Waals surface area (Å²) in [5, 5.41) is 17.3. The number of carbonyl (C=O) groups is 1. The molecule has 0 saturated heterocycles. The van der Waals surface area contributed by atoms with E-state index in [2.05, 4.69) is 25.0 Å². The number of aromatic carboxylic acids is 1. The first-order valence-corrected chi connectivity index (χ1v) is 5.77. The minimum absolute atomic E-state index is 0.111. The first kappa shape index (κ1) is 11.7. The van der Waals surface area contributed by atoms with E-state index in [9.17, 15) is 4.79 Å². The van der Waals surface area contributed by atoms with Gasteiger partial charge in [0.1, 0.15) is 0 Å². The van der Waals surface area contributed by atoms with Gasteiger partial charge in [0.15, 0.2) is 5.82 Å². The summed E-state index contributed by atoms with van der Waals surface area (Å²) >= 11 is 1.12. The fourth-order valence-electron chi connectivity index (χ4n) is 1.21. The van der Waals surface area contributed by atoms with Gasteiger partial charge in [0.25, 0.3) is 0 Å². The predicted octanol–water partition coefficient (Wildman–Crippen LogP) is 0.557. The van der Waals surface area contributed by atoms with E-state index in [0.717, 1.165) is 17.0 Å². The van der Waals surface area contributed by atoms with E-state index in [1.165, 1.54) is 6.39 Å². The fraction of sp³-hybridized carbons (Fsp3) is 0.333. The smallest absolute Gasteiger partial charge is 0.365 e. The molecular formula is C9H10N4O3S. The maximum Gasteiger partial charge on any atom is 0.365 e. The largest absolute Gasteiger partial charge is 0.476 e. The highest BCUT2D eigenvalue weighted by Crippen LogP contribution is 2.09. The molecule has 8 heteroatoms. The first-order chi connectivity index (χ1) is 8.25. The number of hydrogen-bond acceptors (Lipinski definition) is 7. The number of hydrogen-bond donors (Lipinski definition) is 2. The summed E-state index contributed by atoms with van der Waals surface area (Å²) in [5.74, 6) is -0.352. The van der Waals surface area contributed by atoms with Crippen molar-refractivity contribution in [2.45, 2.75) is 13.0 Å². The van der Waals surface area contributed by atoms with Crippen molar-refractivity contribution in [2.24, 2.45) is 0 Å². The van der Waals surface area contributed by atoms with Crippen LogP contribution in [-0.2, 0) is 13.0 Å². The zero-order chi connectivity index (χ0) is 12.1. The molecule has 0 radical (unpaired) electrons. The Morgan fingerprint density at radius 1 is 1.59 bits per heavy atom. The van der Waals surface area contributed by atoms with E-state index in [1.54, 1.807) is 5.38 Å². The molecule has 7 nitrogen and oxygen atoms in total. The lowest BCUT2D eigenvalue weighted by atomic mass is 10.4. The van der Waals surface area contributed by atoms with E-state index in [-0.39, 0.29) is 5.01 Å². The van der Waals surface area contributed by atoms with Gasteiger partial charge in [-0.15, -0.1) is 11.3 Å². The van der Waals surface area contributed by atoms with E-state index in [0.29, 0.717) is 25.3 Å². The molecule has 0 atom stereocenters. The van der Waals surface area contributed by atoms with Crippen LogP contribution in [0.15, 0.2) is 16.3 Å². The van der Waals surface area contributed by atoms with Gasteiger partial charge in [-0.25, -0.2) is 9.78 Å². The van der Waals surface area contributed by atoms with Crippen LogP contribution in [0.3, 0.4) is 0 Å². The summed E-state index contributed by atoms with van der Waals surface area (Å²) in [6.45, 7) is 1.21. The molecule has 0 unspecified atom stereocenters. The van der Waals surface area contributed by atoms with Crippen LogP contribution in [0.1, 0.15) is 21.3 Å². The lowest BCUT2D eigenvalue weighted by Crippen LogP contribution is -2.17. The average Bonchev–Trinajstić information content (AvgIpc) is 2.96. The summed E-state index contributed by atoms with van der Waals surface area (Å²) < 4.78 is 4.59. The summed E-state index contributed by atoms with van der Waals surface area (Å²) in [5.41, 5.74) is 0.723. The number of thiazole rings is 1. The molecule has 17 heavy (non-hydrogen) atoms. The Bertz CT molecular complexity index is 482. The van der Waals surface area contributed by atoms with E-state index in [4.69, 9.17) is 5.11 Å². The van der Waals surface area contributed by atoms with Gasteiger partial charge in [-0.05, 0) is 0 Å². The van der Waals surface area contributed by atoms with Gasteiger partial charge >= 0.3 is 5.97 Å². The third-order valence-corrected chi connectivity index (χ3v) is 2.85. The molecular weight excluding hydrogens is 244 g/mol. The van der Waals surface area contributed by atoms with Crippen molar-refractivity contribution in [3.05, 3.63) is 28.3 Å². The zero-order valence-corrected chi connectivity index (χ0v) is 9.61. The van der Waals surface area contributed by atoms with E-state index >= 15 is 0 Å². The molecule has 0 bridgehead atoms. The SMILES string of the molecule is O=C(O)c1nc(CNCCc2ncon2)cs1. The molecule has 0 aliphatic rings. The number of carboxylic acids is 1. The van der Waals surface area contributed by atoms with Gasteiger partial charge in [-0.1, -0.05) is 5.16 Å². The second-order valence-corrected chi connectivity index (χ2v) is 4.08. The van der Waals surface area contributed by atoms with Gasteiger partial charge < -0.3 is 14.9 Å². The van der Waals surface area contributed by atoms with Crippen molar-refractivity contribution in [2.75, 3.05) is 6.54 Å². The Kier molecular flexibility index (Phi) is 3.78. The number of rotatable bonds is 6. The Morgan fingerprint density at radius 3 is 3.12 bits per heavy atom. The lowest BCUT2D eigenvalue weighted by molar-refractivity contribution is 0.0696. The quantitative estimate of drug-likeness (QED) is 0.726. The minimum Gasteiger partial charge on any atom is -0.476 e.